The van der Waals surface area contributed by atoms with Crippen molar-refractivity contribution in [2.24, 2.45) is 17.8 Å². The lowest BCUT2D eigenvalue weighted by atomic mass is 9.89. The van der Waals surface area contributed by atoms with Crippen molar-refractivity contribution in [3.63, 3.8) is 0 Å². The van der Waals surface area contributed by atoms with Crippen LogP contribution in [0.15, 0.2) is 12.2 Å². The van der Waals surface area contributed by atoms with Gasteiger partial charge in [0.25, 0.3) is 0 Å². The van der Waals surface area contributed by atoms with Crippen LogP contribution >= 0.6 is 0 Å². The van der Waals surface area contributed by atoms with E-state index in [1.807, 2.05) is 26.8 Å². The summed E-state index contributed by atoms with van der Waals surface area (Å²) in [5.41, 5.74) is -0.543. The number of nitrogens with one attached hydrogen (secondary N) is 1. The fourth-order valence-electron chi connectivity index (χ4n) is 2.92. The summed E-state index contributed by atoms with van der Waals surface area (Å²) in [4.78, 5) is 23.7. The molecule has 0 unspecified atom stereocenters. The number of alkyl carbamates (subject to hydrolysis) is 1. The molecule has 4 atom stereocenters. The molecule has 2 aliphatic carbocycles. The minimum atomic E-state index is -0.543. The van der Waals surface area contributed by atoms with Crippen molar-refractivity contribution in [1.82, 2.24) is 5.32 Å². The Kier molecular flexibility index (Phi) is 3.56. The quantitative estimate of drug-likeness (QED) is 0.613. The molecule has 2 aliphatic rings. The summed E-state index contributed by atoms with van der Waals surface area (Å²) in [6, 6.07) is -0.225. The highest BCUT2D eigenvalue weighted by Gasteiger charge is 2.49. The van der Waals surface area contributed by atoms with Gasteiger partial charge in [0, 0.05) is 0 Å². The maximum absolute atomic E-state index is 11.8. The lowest BCUT2D eigenvalue weighted by Crippen LogP contribution is -2.47. The van der Waals surface area contributed by atoms with E-state index in [1.165, 1.54) is 7.11 Å². The normalized spacial score (nSPS) is 32.2. The minimum absolute atomic E-state index is 0.164. The molecule has 1 saturated carbocycles. The van der Waals surface area contributed by atoms with Crippen molar-refractivity contribution in [3.05, 3.63) is 12.2 Å². The third-order valence-corrected chi connectivity index (χ3v) is 3.62. The number of carbonyl (C=O) groups is 2. The first-order valence-corrected chi connectivity index (χ1v) is 6.57. The average molecular weight is 267 g/mol. The van der Waals surface area contributed by atoms with Crippen molar-refractivity contribution in [2.45, 2.75) is 38.8 Å². The Balaban J connectivity index is 2.04. The highest BCUT2D eigenvalue weighted by molar-refractivity contribution is 5.77. The molecule has 0 aromatic rings. The van der Waals surface area contributed by atoms with E-state index >= 15 is 0 Å². The molecule has 5 nitrogen and oxygen atoms in total. The number of amides is 1. The van der Waals surface area contributed by atoms with Crippen molar-refractivity contribution < 1.29 is 19.1 Å². The average Bonchev–Trinajstić information content (AvgIpc) is 2.85. The minimum Gasteiger partial charge on any atom is -0.469 e. The number of carbonyl (C=O) groups excluding carboxylic acids is 2. The predicted octanol–water partition coefficient (Wildman–Crippen LogP) is 1.87. The van der Waals surface area contributed by atoms with Gasteiger partial charge in [0.1, 0.15) is 5.60 Å². The van der Waals surface area contributed by atoms with Gasteiger partial charge in [-0.15, -0.1) is 0 Å². The van der Waals surface area contributed by atoms with Crippen molar-refractivity contribution in [3.8, 4) is 0 Å². The van der Waals surface area contributed by atoms with Crippen LogP contribution in [0.4, 0.5) is 4.79 Å². The van der Waals surface area contributed by atoms with Gasteiger partial charge >= 0.3 is 12.1 Å². The van der Waals surface area contributed by atoms with Crippen LogP contribution in [-0.4, -0.2) is 30.8 Å². The molecule has 0 heterocycles. The molecule has 1 amide bonds. The number of ether oxygens (including phenoxy) is 2. The zero-order chi connectivity index (χ0) is 14.2. The van der Waals surface area contributed by atoms with Gasteiger partial charge in [-0.05, 0) is 39.0 Å². The highest BCUT2D eigenvalue weighted by Crippen LogP contribution is 2.44. The first kappa shape index (κ1) is 13.9. The van der Waals surface area contributed by atoms with E-state index in [1.54, 1.807) is 0 Å². The number of methoxy groups -OCH3 is 1. The molecule has 19 heavy (non-hydrogen) atoms. The van der Waals surface area contributed by atoms with Crippen LogP contribution < -0.4 is 5.32 Å². The Morgan fingerprint density at radius 2 is 1.84 bits per heavy atom. The van der Waals surface area contributed by atoms with Gasteiger partial charge in [-0.2, -0.15) is 0 Å². The zero-order valence-corrected chi connectivity index (χ0v) is 11.8. The molecule has 5 heteroatoms. The van der Waals surface area contributed by atoms with Crippen molar-refractivity contribution in [2.75, 3.05) is 7.11 Å². The number of hydrogen-bond acceptors (Lipinski definition) is 4. The van der Waals surface area contributed by atoms with Crippen LogP contribution in [0.2, 0.25) is 0 Å². The van der Waals surface area contributed by atoms with Crippen LogP contribution in [0.1, 0.15) is 27.2 Å². The second-order valence-electron chi connectivity index (χ2n) is 6.17. The Labute approximate surface area is 113 Å². The van der Waals surface area contributed by atoms with E-state index < -0.39 is 11.7 Å². The zero-order valence-electron chi connectivity index (χ0n) is 11.8. The molecule has 0 aromatic carbocycles. The van der Waals surface area contributed by atoms with Gasteiger partial charge in [0.15, 0.2) is 0 Å². The molecule has 1 fully saturated rings. The molecular weight excluding hydrogens is 246 g/mol. The lowest BCUT2D eigenvalue weighted by molar-refractivity contribution is -0.147. The number of allylic oxidation sites excluding steroid dienone is 1. The van der Waals surface area contributed by atoms with E-state index in [9.17, 15) is 9.59 Å². The highest BCUT2D eigenvalue weighted by atomic mass is 16.6. The SMILES string of the molecule is COC(=O)[C@@H]1[C@H](NC(=O)OC(C)(C)C)[C@@H]2C=C[C@H]1C2. The van der Waals surface area contributed by atoms with E-state index in [2.05, 4.69) is 11.4 Å². The molecule has 1 N–H and O–H groups in total. The number of esters is 1. The molecule has 0 saturated heterocycles. The number of fused-ring (bicyclic) bond motifs is 2. The molecule has 2 rings (SSSR count). The molecule has 106 valence electrons. The summed E-state index contributed by atoms with van der Waals surface area (Å²) >= 11 is 0. The van der Waals surface area contributed by atoms with Crippen LogP contribution in [0.3, 0.4) is 0 Å². The first-order valence-electron chi connectivity index (χ1n) is 6.57. The fraction of sp³-hybridized carbons (Fsp3) is 0.714. The second-order valence-corrected chi connectivity index (χ2v) is 6.17. The standard InChI is InChI=1S/C14H21NO4/c1-14(2,3)19-13(17)15-11-9-6-5-8(7-9)10(11)12(16)18-4/h5-6,8-11H,7H2,1-4H3,(H,15,17)/t8-,9+,10-,11+/m0/s1. The summed E-state index contributed by atoms with van der Waals surface area (Å²) in [5, 5.41) is 2.82. The Morgan fingerprint density at radius 3 is 2.42 bits per heavy atom. The first-order chi connectivity index (χ1) is 8.81. The van der Waals surface area contributed by atoms with E-state index in [0.717, 1.165) is 6.42 Å². The predicted molar refractivity (Wildman–Crippen MR) is 69.4 cm³/mol. The summed E-state index contributed by atoms with van der Waals surface area (Å²) in [5.74, 6) is -0.204. The van der Waals surface area contributed by atoms with Crippen LogP contribution in [-0.2, 0) is 14.3 Å². The Morgan fingerprint density at radius 1 is 1.21 bits per heavy atom. The Hall–Kier alpha value is -1.52. The van der Waals surface area contributed by atoms with Crippen LogP contribution in [0.25, 0.3) is 0 Å². The Bertz CT molecular complexity index is 410. The van der Waals surface area contributed by atoms with Crippen LogP contribution in [0.5, 0.6) is 0 Å². The van der Waals surface area contributed by atoms with Gasteiger partial charge in [-0.1, -0.05) is 12.2 Å². The summed E-state index contributed by atoms with van der Waals surface area (Å²) in [7, 11) is 1.38. The van der Waals surface area contributed by atoms with Gasteiger partial charge in [-0.25, -0.2) is 4.79 Å². The van der Waals surface area contributed by atoms with Crippen molar-refractivity contribution in [1.29, 1.82) is 0 Å². The maximum atomic E-state index is 11.8. The van der Waals surface area contributed by atoms with Gasteiger partial charge in [0.05, 0.1) is 19.1 Å². The van der Waals surface area contributed by atoms with E-state index in [-0.39, 0.29) is 29.8 Å². The summed E-state index contributed by atoms with van der Waals surface area (Å²) in [6.45, 7) is 5.43. The fourth-order valence-corrected chi connectivity index (χ4v) is 2.92. The van der Waals surface area contributed by atoms with E-state index in [4.69, 9.17) is 9.47 Å². The molecular formula is C14H21NO4. The smallest absolute Gasteiger partial charge is 0.407 e. The van der Waals surface area contributed by atoms with Crippen LogP contribution in [0, 0.1) is 17.8 Å². The molecule has 0 aromatic heterocycles. The molecule has 0 spiro atoms. The van der Waals surface area contributed by atoms with Gasteiger partial charge < -0.3 is 14.8 Å². The topological polar surface area (TPSA) is 64.6 Å². The van der Waals surface area contributed by atoms with Crippen molar-refractivity contribution >= 4 is 12.1 Å². The number of rotatable bonds is 2. The van der Waals surface area contributed by atoms with Gasteiger partial charge in [-0.3, -0.25) is 4.79 Å². The third kappa shape index (κ3) is 2.91. The third-order valence-electron chi connectivity index (χ3n) is 3.62. The monoisotopic (exact) mass is 267 g/mol. The largest absolute Gasteiger partial charge is 0.469 e. The van der Waals surface area contributed by atoms with Gasteiger partial charge in [0.2, 0.25) is 0 Å². The number of hydrogen-bond donors (Lipinski definition) is 1. The molecule has 0 aliphatic heterocycles. The summed E-state index contributed by atoms with van der Waals surface area (Å²) in [6.07, 6.45) is 4.51. The molecule has 0 radical (unpaired) electrons. The second kappa shape index (κ2) is 4.87. The molecule has 2 bridgehead atoms. The van der Waals surface area contributed by atoms with E-state index in [0.29, 0.717) is 0 Å². The lowest BCUT2D eigenvalue weighted by Gasteiger charge is -2.28. The summed E-state index contributed by atoms with van der Waals surface area (Å²) < 4.78 is 10.1. The maximum Gasteiger partial charge on any atom is 0.407 e.